The number of aromatic nitrogens is 2. The van der Waals surface area contributed by atoms with E-state index in [9.17, 15) is 4.79 Å². The van der Waals surface area contributed by atoms with Crippen molar-refractivity contribution in [1.82, 2.24) is 10.2 Å². The molecule has 1 N–H and O–H groups in total. The van der Waals surface area contributed by atoms with E-state index in [-0.39, 0.29) is 5.56 Å². The van der Waals surface area contributed by atoms with Gasteiger partial charge in [-0.1, -0.05) is 30.3 Å². The van der Waals surface area contributed by atoms with Crippen molar-refractivity contribution < 1.29 is 0 Å². The number of hydrogen-bond donors (Lipinski definition) is 1. The summed E-state index contributed by atoms with van der Waals surface area (Å²) in [6.07, 6.45) is 5.18. The molecule has 0 fully saturated rings. The van der Waals surface area contributed by atoms with Crippen LogP contribution in [-0.2, 0) is 25.0 Å². The molecule has 1 aromatic heterocycles. The van der Waals surface area contributed by atoms with Gasteiger partial charge in [0.25, 0.3) is 5.56 Å². The monoisotopic (exact) mass is 300 g/mol. The molecule has 0 spiro atoms. The molecule has 0 bridgehead atoms. The van der Waals surface area contributed by atoms with Gasteiger partial charge in [-0.05, 0) is 42.6 Å². The molecule has 3 rings (SSSR count). The Bertz CT molecular complexity index is 652. The van der Waals surface area contributed by atoms with E-state index in [0.717, 1.165) is 48.4 Å². The standard InChI is InChI=1S/C17H20N2OS/c20-17-15-9-5-4-8-14(15)16(18-19-17)10-11-21-12-13-6-2-1-3-7-13/h1-3,6-7H,4-5,8-12H2,(H,19,20). The smallest absolute Gasteiger partial charge is 0.267 e. The fraction of sp³-hybridized carbons (Fsp3) is 0.412. The highest BCUT2D eigenvalue weighted by Crippen LogP contribution is 2.21. The number of H-pyrrole nitrogens is 1. The summed E-state index contributed by atoms with van der Waals surface area (Å²) in [6.45, 7) is 0. The quantitative estimate of drug-likeness (QED) is 0.863. The minimum Gasteiger partial charge on any atom is -0.268 e. The Morgan fingerprint density at radius 3 is 2.67 bits per heavy atom. The Balaban J connectivity index is 1.60. The average Bonchev–Trinajstić information content (AvgIpc) is 2.55. The molecule has 2 aromatic rings. The summed E-state index contributed by atoms with van der Waals surface area (Å²) in [5.41, 5.74) is 4.69. The molecule has 0 unspecified atom stereocenters. The normalized spacial score (nSPS) is 13.9. The van der Waals surface area contributed by atoms with Crippen LogP contribution in [0.3, 0.4) is 0 Å². The SMILES string of the molecule is O=c1[nH]nc(CCSCc2ccccc2)c2c1CCCC2. The number of aryl methyl sites for hydroxylation is 1. The summed E-state index contributed by atoms with van der Waals surface area (Å²) in [5, 5.41) is 6.96. The summed E-state index contributed by atoms with van der Waals surface area (Å²) in [5.74, 6) is 2.08. The molecular weight excluding hydrogens is 280 g/mol. The van der Waals surface area contributed by atoms with Gasteiger partial charge >= 0.3 is 0 Å². The number of thioether (sulfide) groups is 1. The fourth-order valence-corrected chi connectivity index (χ4v) is 3.78. The molecule has 1 heterocycles. The van der Waals surface area contributed by atoms with Crippen molar-refractivity contribution in [1.29, 1.82) is 0 Å². The van der Waals surface area contributed by atoms with Crippen LogP contribution in [0.1, 0.15) is 35.2 Å². The third-order valence-corrected chi connectivity index (χ3v) is 5.01. The topological polar surface area (TPSA) is 45.8 Å². The maximum absolute atomic E-state index is 11.8. The number of nitrogens with one attached hydrogen (secondary N) is 1. The van der Waals surface area contributed by atoms with E-state index in [1.165, 1.54) is 17.5 Å². The minimum atomic E-state index is 0.0189. The van der Waals surface area contributed by atoms with Crippen molar-refractivity contribution in [2.75, 3.05) is 5.75 Å². The highest BCUT2D eigenvalue weighted by atomic mass is 32.2. The number of rotatable bonds is 5. The first-order chi connectivity index (χ1) is 10.3. The van der Waals surface area contributed by atoms with E-state index >= 15 is 0 Å². The van der Waals surface area contributed by atoms with Crippen LogP contribution in [0.5, 0.6) is 0 Å². The zero-order chi connectivity index (χ0) is 14.5. The number of hydrogen-bond acceptors (Lipinski definition) is 3. The molecule has 1 aliphatic rings. The van der Waals surface area contributed by atoms with Gasteiger partial charge in [-0.25, -0.2) is 5.10 Å². The number of benzene rings is 1. The van der Waals surface area contributed by atoms with Crippen LogP contribution in [0.25, 0.3) is 0 Å². The van der Waals surface area contributed by atoms with Crippen molar-refractivity contribution in [2.45, 2.75) is 37.9 Å². The molecule has 21 heavy (non-hydrogen) atoms. The molecule has 0 saturated carbocycles. The van der Waals surface area contributed by atoms with Gasteiger partial charge in [0, 0.05) is 17.7 Å². The Morgan fingerprint density at radius 2 is 1.86 bits per heavy atom. The third-order valence-electron chi connectivity index (χ3n) is 3.98. The van der Waals surface area contributed by atoms with Gasteiger partial charge in [0.05, 0.1) is 5.69 Å². The lowest BCUT2D eigenvalue weighted by Gasteiger charge is -2.17. The molecule has 0 amide bonds. The van der Waals surface area contributed by atoms with E-state index in [4.69, 9.17) is 0 Å². The highest BCUT2D eigenvalue weighted by Gasteiger charge is 2.17. The van der Waals surface area contributed by atoms with E-state index < -0.39 is 0 Å². The lowest BCUT2D eigenvalue weighted by molar-refractivity contribution is 0.654. The van der Waals surface area contributed by atoms with Gasteiger partial charge in [-0.3, -0.25) is 4.79 Å². The lowest BCUT2D eigenvalue weighted by Crippen LogP contribution is -2.23. The van der Waals surface area contributed by atoms with Gasteiger partial charge in [0.2, 0.25) is 0 Å². The van der Waals surface area contributed by atoms with Crippen molar-refractivity contribution >= 4 is 11.8 Å². The summed E-state index contributed by atoms with van der Waals surface area (Å²) >= 11 is 1.92. The molecular formula is C17H20N2OS. The molecule has 110 valence electrons. The van der Waals surface area contributed by atoms with Crippen LogP contribution < -0.4 is 5.56 Å². The van der Waals surface area contributed by atoms with Crippen LogP contribution in [0.4, 0.5) is 0 Å². The van der Waals surface area contributed by atoms with Crippen LogP contribution in [0, 0.1) is 0 Å². The van der Waals surface area contributed by atoms with Crippen LogP contribution >= 0.6 is 11.8 Å². The van der Waals surface area contributed by atoms with Crippen molar-refractivity contribution in [3.63, 3.8) is 0 Å². The second-order valence-corrected chi connectivity index (χ2v) is 6.56. The first kappa shape index (κ1) is 14.4. The van der Waals surface area contributed by atoms with Crippen LogP contribution in [-0.4, -0.2) is 16.0 Å². The molecule has 0 atom stereocenters. The molecule has 1 aromatic carbocycles. The summed E-state index contributed by atoms with van der Waals surface area (Å²) in [7, 11) is 0. The first-order valence-corrected chi connectivity index (χ1v) is 8.71. The van der Waals surface area contributed by atoms with Crippen LogP contribution in [0.2, 0.25) is 0 Å². The van der Waals surface area contributed by atoms with Gasteiger partial charge in [0.15, 0.2) is 0 Å². The Labute approximate surface area is 129 Å². The van der Waals surface area contributed by atoms with E-state index in [1.54, 1.807) is 0 Å². The second kappa shape index (κ2) is 6.94. The van der Waals surface area contributed by atoms with E-state index in [0.29, 0.717) is 0 Å². The van der Waals surface area contributed by atoms with Gasteiger partial charge in [-0.2, -0.15) is 16.9 Å². The Morgan fingerprint density at radius 1 is 1.10 bits per heavy atom. The summed E-state index contributed by atoms with van der Waals surface area (Å²) in [4.78, 5) is 11.8. The average molecular weight is 300 g/mol. The number of nitrogens with zero attached hydrogens (tertiary/aromatic N) is 1. The largest absolute Gasteiger partial charge is 0.268 e. The maximum atomic E-state index is 11.8. The van der Waals surface area contributed by atoms with Crippen molar-refractivity contribution in [3.05, 3.63) is 63.1 Å². The van der Waals surface area contributed by atoms with Crippen molar-refractivity contribution in [3.8, 4) is 0 Å². The van der Waals surface area contributed by atoms with Gasteiger partial charge in [0.1, 0.15) is 0 Å². The predicted molar refractivity (Wildman–Crippen MR) is 87.8 cm³/mol. The predicted octanol–water partition coefficient (Wildman–Crippen LogP) is 3.12. The Kier molecular flexibility index (Phi) is 4.76. The molecule has 0 radical (unpaired) electrons. The molecule has 4 heteroatoms. The van der Waals surface area contributed by atoms with E-state index in [2.05, 4.69) is 34.5 Å². The highest BCUT2D eigenvalue weighted by molar-refractivity contribution is 7.98. The Hall–Kier alpha value is -1.55. The van der Waals surface area contributed by atoms with Crippen molar-refractivity contribution in [2.24, 2.45) is 0 Å². The lowest BCUT2D eigenvalue weighted by atomic mass is 9.91. The number of aromatic amines is 1. The molecule has 0 aliphatic heterocycles. The molecule has 1 aliphatic carbocycles. The van der Waals surface area contributed by atoms with Crippen LogP contribution in [0.15, 0.2) is 35.1 Å². The second-order valence-electron chi connectivity index (χ2n) is 5.45. The minimum absolute atomic E-state index is 0.0189. The fourth-order valence-electron chi connectivity index (χ4n) is 2.87. The summed E-state index contributed by atoms with van der Waals surface area (Å²) in [6, 6.07) is 10.5. The third kappa shape index (κ3) is 3.56. The molecule has 3 nitrogen and oxygen atoms in total. The summed E-state index contributed by atoms with van der Waals surface area (Å²) < 4.78 is 0. The van der Waals surface area contributed by atoms with E-state index in [1.807, 2.05) is 17.8 Å². The maximum Gasteiger partial charge on any atom is 0.267 e. The van der Waals surface area contributed by atoms with Gasteiger partial charge < -0.3 is 0 Å². The van der Waals surface area contributed by atoms with Gasteiger partial charge in [-0.15, -0.1) is 0 Å². The number of fused-ring (bicyclic) bond motifs is 1. The first-order valence-electron chi connectivity index (χ1n) is 7.55. The zero-order valence-corrected chi connectivity index (χ0v) is 12.9. The molecule has 0 saturated heterocycles. The zero-order valence-electron chi connectivity index (χ0n) is 12.1.